The SMILES string of the molecule is CN(Cc1ccccc1)Cc1cnn(CC2C(NC(=O)/C(=N\OC(C)(C)C(=O)O)c3csc(N)n3)C(=O)N2S(=O)(=O)O)n1. The Hall–Kier alpha value is -4.46. The standard InChI is InChI=1S/C24H29N9O8S2/c1-24(2,22(36)37)41-30-18(16-13-42-23(25)27-16)20(34)28-19-17(33(21(19)35)43(38,39)40)12-32-26-9-15(29-32)11-31(3)10-14-7-5-4-6-8-14/h4-9,13,17,19H,10-12H2,1-3H3,(H2,25,27)(H,28,34)(H,36,37)(H,38,39,40)/b30-18-. The minimum atomic E-state index is -5.00. The molecule has 2 atom stereocenters. The number of carboxylic acids is 1. The number of amides is 2. The van der Waals surface area contributed by atoms with Crippen LogP contribution in [0.15, 0.2) is 47.1 Å². The quantitative estimate of drug-likeness (QED) is 0.0820. The van der Waals surface area contributed by atoms with E-state index in [-0.39, 0.29) is 21.7 Å². The van der Waals surface area contributed by atoms with Crippen LogP contribution in [0.5, 0.6) is 0 Å². The molecule has 2 aromatic heterocycles. The number of anilines is 1. The van der Waals surface area contributed by atoms with Crippen LogP contribution in [-0.4, -0.2) is 95.5 Å². The highest BCUT2D eigenvalue weighted by atomic mass is 32.2. The average Bonchev–Trinajstić information content (AvgIpc) is 3.55. The van der Waals surface area contributed by atoms with Crippen LogP contribution in [0, 0.1) is 0 Å². The fourth-order valence-corrected chi connectivity index (χ4v) is 5.46. The molecule has 4 rings (SSSR count). The molecule has 43 heavy (non-hydrogen) atoms. The summed E-state index contributed by atoms with van der Waals surface area (Å²) in [5.74, 6) is -3.54. The molecule has 0 saturated carbocycles. The van der Waals surface area contributed by atoms with Gasteiger partial charge in [0.05, 0.1) is 18.4 Å². The zero-order valence-corrected chi connectivity index (χ0v) is 24.8. The van der Waals surface area contributed by atoms with E-state index >= 15 is 0 Å². The summed E-state index contributed by atoms with van der Waals surface area (Å²) in [6, 6.07) is 6.98. The second kappa shape index (κ2) is 12.4. The van der Waals surface area contributed by atoms with E-state index in [2.05, 4.69) is 25.7 Å². The van der Waals surface area contributed by atoms with E-state index in [9.17, 15) is 32.5 Å². The Bertz CT molecular complexity index is 1640. The Morgan fingerprint density at radius 3 is 2.56 bits per heavy atom. The second-order valence-corrected chi connectivity index (χ2v) is 12.3. The number of rotatable bonds is 13. The van der Waals surface area contributed by atoms with Crippen molar-refractivity contribution in [3.63, 3.8) is 0 Å². The van der Waals surface area contributed by atoms with Crippen LogP contribution in [-0.2, 0) is 49.2 Å². The largest absolute Gasteiger partial charge is 0.478 e. The molecular formula is C24H29N9O8S2. The van der Waals surface area contributed by atoms with Crippen molar-refractivity contribution < 1.29 is 37.3 Å². The van der Waals surface area contributed by atoms with Crippen LogP contribution < -0.4 is 11.1 Å². The number of nitrogens with two attached hydrogens (primary N) is 1. The van der Waals surface area contributed by atoms with Gasteiger partial charge in [0, 0.05) is 18.5 Å². The highest BCUT2D eigenvalue weighted by molar-refractivity contribution is 7.84. The second-order valence-electron chi connectivity index (χ2n) is 10.1. The van der Waals surface area contributed by atoms with Crippen LogP contribution in [0.1, 0.15) is 30.8 Å². The molecule has 2 amide bonds. The predicted molar refractivity (Wildman–Crippen MR) is 152 cm³/mol. The van der Waals surface area contributed by atoms with Crippen LogP contribution in [0.2, 0.25) is 0 Å². The van der Waals surface area contributed by atoms with Crippen molar-refractivity contribution >= 4 is 50.3 Å². The zero-order valence-electron chi connectivity index (χ0n) is 23.2. The lowest BCUT2D eigenvalue weighted by Crippen LogP contribution is -2.73. The topological polar surface area (TPSA) is 236 Å². The average molecular weight is 636 g/mol. The first-order valence-corrected chi connectivity index (χ1v) is 14.9. The first-order chi connectivity index (χ1) is 20.2. The van der Waals surface area contributed by atoms with Crippen molar-refractivity contribution in [1.29, 1.82) is 0 Å². The van der Waals surface area contributed by atoms with Gasteiger partial charge < -0.3 is 21.0 Å². The smallest absolute Gasteiger partial charge is 0.362 e. The van der Waals surface area contributed by atoms with Gasteiger partial charge in [-0.25, -0.2) is 14.1 Å². The molecule has 2 unspecified atom stereocenters. The van der Waals surface area contributed by atoms with Crippen LogP contribution in [0.4, 0.5) is 5.13 Å². The Morgan fingerprint density at radius 2 is 1.95 bits per heavy atom. The Labute approximate surface area is 249 Å². The molecule has 0 radical (unpaired) electrons. The van der Waals surface area contributed by atoms with Gasteiger partial charge in [-0.1, -0.05) is 35.5 Å². The molecule has 0 bridgehead atoms. The lowest BCUT2D eigenvalue weighted by Gasteiger charge is -2.43. The van der Waals surface area contributed by atoms with Crippen LogP contribution in [0.25, 0.3) is 0 Å². The third-order valence-corrected chi connectivity index (χ3v) is 7.85. The monoisotopic (exact) mass is 635 g/mol. The van der Waals surface area contributed by atoms with Crippen molar-refractivity contribution in [3.8, 4) is 0 Å². The maximum Gasteiger partial charge on any atom is 0.362 e. The van der Waals surface area contributed by atoms with Gasteiger partial charge in [-0.15, -0.1) is 11.3 Å². The Balaban J connectivity index is 1.51. The Morgan fingerprint density at radius 1 is 1.26 bits per heavy atom. The minimum absolute atomic E-state index is 0.0677. The van der Waals surface area contributed by atoms with Gasteiger partial charge >= 0.3 is 16.3 Å². The molecule has 1 aliphatic rings. The highest BCUT2D eigenvalue weighted by Crippen LogP contribution is 2.25. The molecule has 5 N–H and O–H groups in total. The minimum Gasteiger partial charge on any atom is -0.478 e. The number of thiazole rings is 1. The van der Waals surface area contributed by atoms with Gasteiger partial charge in [0.15, 0.2) is 10.8 Å². The van der Waals surface area contributed by atoms with Crippen LogP contribution >= 0.6 is 11.3 Å². The number of carbonyl (C=O) groups excluding carboxylic acids is 2. The summed E-state index contributed by atoms with van der Waals surface area (Å²) < 4.78 is 33.9. The number of benzene rings is 1. The molecule has 3 heterocycles. The number of oxime groups is 1. The van der Waals surface area contributed by atoms with E-state index in [1.807, 2.05) is 42.3 Å². The van der Waals surface area contributed by atoms with E-state index in [0.717, 1.165) is 21.7 Å². The molecule has 3 aromatic rings. The number of carbonyl (C=O) groups is 3. The van der Waals surface area contributed by atoms with Crippen molar-refractivity contribution in [1.82, 2.24) is 34.5 Å². The van der Waals surface area contributed by atoms with Gasteiger partial charge in [-0.3, -0.25) is 19.0 Å². The number of nitrogens with zero attached hydrogens (tertiary/aromatic N) is 7. The lowest BCUT2D eigenvalue weighted by molar-refractivity contribution is -0.161. The number of carboxylic acid groups (broad SMARTS) is 1. The third-order valence-electron chi connectivity index (χ3n) is 6.23. The molecule has 1 fully saturated rings. The Kier molecular flexibility index (Phi) is 9.09. The number of aromatic nitrogens is 4. The summed E-state index contributed by atoms with van der Waals surface area (Å²) in [7, 11) is -3.11. The first kappa shape index (κ1) is 31.5. The molecule has 0 spiro atoms. The van der Waals surface area contributed by atoms with E-state index in [4.69, 9.17) is 10.6 Å². The number of hydrogen-bond acceptors (Lipinski definition) is 13. The van der Waals surface area contributed by atoms with E-state index in [0.29, 0.717) is 18.8 Å². The fraction of sp³-hybridized carbons (Fsp3) is 0.375. The molecule has 230 valence electrons. The van der Waals surface area contributed by atoms with E-state index in [1.165, 1.54) is 25.4 Å². The molecule has 1 saturated heterocycles. The number of nitrogens with one attached hydrogen (secondary N) is 1. The number of hydrogen-bond donors (Lipinski definition) is 4. The number of nitrogen functional groups attached to an aromatic ring is 1. The molecular weight excluding hydrogens is 606 g/mol. The summed E-state index contributed by atoms with van der Waals surface area (Å²) in [4.78, 5) is 49.6. The number of β-lactam (4-membered cyclic amide) rings is 1. The maximum atomic E-state index is 13.2. The molecule has 19 heteroatoms. The lowest BCUT2D eigenvalue weighted by atomic mass is 9.98. The van der Waals surface area contributed by atoms with Gasteiger partial charge in [-0.05, 0) is 26.5 Å². The molecule has 1 aliphatic heterocycles. The summed E-state index contributed by atoms with van der Waals surface area (Å²) in [6.07, 6.45) is 1.48. The van der Waals surface area contributed by atoms with Crippen LogP contribution in [0.3, 0.4) is 0 Å². The van der Waals surface area contributed by atoms with Gasteiger partial charge in [0.25, 0.3) is 11.8 Å². The van der Waals surface area contributed by atoms with Crippen molar-refractivity contribution in [3.05, 3.63) is 58.9 Å². The highest BCUT2D eigenvalue weighted by Gasteiger charge is 2.54. The van der Waals surface area contributed by atoms with E-state index < -0.39 is 51.5 Å². The molecule has 1 aromatic carbocycles. The molecule has 17 nitrogen and oxygen atoms in total. The van der Waals surface area contributed by atoms with Crippen molar-refractivity contribution in [2.75, 3.05) is 12.8 Å². The van der Waals surface area contributed by atoms with Gasteiger partial charge in [-0.2, -0.15) is 23.4 Å². The maximum absolute atomic E-state index is 13.2. The summed E-state index contributed by atoms with van der Waals surface area (Å²) in [5, 5.41) is 25.2. The summed E-state index contributed by atoms with van der Waals surface area (Å²) in [6.45, 7) is 3.13. The van der Waals surface area contributed by atoms with Crippen molar-refractivity contribution in [2.24, 2.45) is 5.16 Å². The predicted octanol–water partition coefficient (Wildman–Crippen LogP) is -0.269. The van der Waals surface area contributed by atoms with Gasteiger partial charge in [0.2, 0.25) is 5.60 Å². The normalized spacial score (nSPS) is 17.6. The third kappa shape index (κ3) is 7.49. The van der Waals surface area contributed by atoms with Crippen molar-refractivity contribution in [2.45, 2.75) is 51.2 Å². The molecule has 0 aliphatic carbocycles. The number of aliphatic carboxylic acids is 1. The van der Waals surface area contributed by atoms with Gasteiger partial charge in [0.1, 0.15) is 17.8 Å². The first-order valence-electron chi connectivity index (χ1n) is 12.6. The summed E-state index contributed by atoms with van der Waals surface area (Å²) in [5.41, 5.74) is 4.89. The summed E-state index contributed by atoms with van der Waals surface area (Å²) >= 11 is 0.965. The zero-order chi connectivity index (χ0) is 31.5. The fourth-order valence-electron chi connectivity index (χ4n) is 4.04. The van der Waals surface area contributed by atoms with E-state index in [1.54, 1.807) is 0 Å².